The SMILES string of the molecule is COc1cc(-c2cc(C(=O)N3CCCCC34CC4)[nH]n2)c(F)cn1.O=CNC1CCCn2ccnc21. The van der Waals surface area contributed by atoms with E-state index in [-0.39, 0.29) is 23.1 Å². The second-order valence-corrected chi connectivity index (χ2v) is 9.47. The molecule has 1 unspecified atom stereocenters. The summed E-state index contributed by atoms with van der Waals surface area (Å²) in [4.78, 5) is 33.1. The van der Waals surface area contributed by atoms with Gasteiger partial charge in [0.1, 0.15) is 11.5 Å². The third kappa shape index (κ3) is 4.69. The van der Waals surface area contributed by atoms with Crippen LogP contribution in [-0.2, 0) is 11.3 Å². The Kier molecular flexibility index (Phi) is 6.71. The van der Waals surface area contributed by atoms with Crippen molar-refractivity contribution in [1.82, 2.24) is 34.9 Å². The molecule has 3 aromatic rings. The summed E-state index contributed by atoms with van der Waals surface area (Å²) in [5.74, 6) is 0.730. The molecule has 0 bridgehead atoms. The third-order valence-electron chi connectivity index (χ3n) is 7.26. The number of nitrogens with one attached hydrogen (secondary N) is 2. The lowest BCUT2D eigenvalue weighted by Gasteiger charge is -2.35. The molecule has 0 aromatic carbocycles. The number of H-pyrrole nitrogens is 1. The van der Waals surface area contributed by atoms with Crippen LogP contribution in [-0.4, -0.2) is 61.1 Å². The number of carbonyl (C=O) groups is 2. The molecule has 2 aliphatic heterocycles. The maximum absolute atomic E-state index is 14.0. The molecule has 1 saturated carbocycles. The van der Waals surface area contributed by atoms with Crippen LogP contribution in [0.4, 0.5) is 4.39 Å². The number of imidazole rings is 1. The van der Waals surface area contributed by atoms with Crippen molar-refractivity contribution in [2.45, 2.75) is 63.1 Å². The quantitative estimate of drug-likeness (QED) is 0.525. The Morgan fingerprint density at radius 2 is 2.08 bits per heavy atom. The van der Waals surface area contributed by atoms with Crippen molar-refractivity contribution in [2.75, 3.05) is 13.7 Å². The zero-order valence-electron chi connectivity index (χ0n) is 20.2. The van der Waals surface area contributed by atoms with Crippen molar-refractivity contribution in [3.8, 4) is 17.1 Å². The number of halogens is 1. The highest BCUT2D eigenvalue weighted by molar-refractivity contribution is 5.94. The van der Waals surface area contributed by atoms with Gasteiger partial charge < -0.3 is 19.5 Å². The average molecular weight is 496 g/mol. The Hall–Kier alpha value is -3.76. The van der Waals surface area contributed by atoms with Gasteiger partial charge in [-0.05, 0) is 51.0 Å². The average Bonchev–Trinajstić information content (AvgIpc) is 3.29. The molecule has 3 aromatic heterocycles. The molecule has 2 fully saturated rings. The number of nitrogens with zero attached hydrogens (tertiary/aromatic N) is 5. The van der Waals surface area contributed by atoms with Crippen LogP contribution in [0.2, 0.25) is 0 Å². The monoisotopic (exact) mass is 495 g/mol. The highest BCUT2D eigenvalue weighted by Gasteiger charge is 2.51. The zero-order valence-corrected chi connectivity index (χ0v) is 20.2. The van der Waals surface area contributed by atoms with Gasteiger partial charge in [-0.2, -0.15) is 5.10 Å². The van der Waals surface area contributed by atoms with E-state index in [0.29, 0.717) is 17.3 Å². The molecule has 1 saturated heterocycles. The smallest absolute Gasteiger partial charge is 0.272 e. The summed E-state index contributed by atoms with van der Waals surface area (Å²) in [6, 6.07) is 3.19. The lowest BCUT2D eigenvalue weighted by atomic mass is 9.99. The maximum Gasteiger partial charge on any atom is 0.272 e. The first kappa shape index (κ1) is 24.0. The van der Waals surface area contributed by atoms with Gasteiger partial charge in [-0.3, -0.25) is 14.7 Å². The van der Waals surface area contributed by atoms with E-state index in [1.54, 1.807) is 12.3 Å². The summed E-state index contributed by atoms with van der Waals surface area (Å²) in [5, 5.41) is 9.64. The summed E-state index contributed by atoms with van der Waals surface area (Å²) in [6.07, 6.45) is 13.1. The lowest BCUT2D eigenvalue weighted by molar-refractivity contribution is -0.110. The minimum atomic E-state index is -0.502. The van der Waals surface area contributed by atoms with Gasteiger partial charge >= 0.3 is 0 Å². The van der Waals surface area contributed by atoms with Gasteiger partial charge in [0.05, 0.1) is 25.0 Å². The highest BCUT2D eigenvalue weighted by atomic mass is 19.1. The maximum atomic E-state index is 14.0. The molecule has 1 atom stereocenters. The van der Waals surface area contributed by atoms with Crippen molar-refractivity contribution in [2.24, 2.45) is 0 Å². The first-order valence-electron chi connectivity index (χ1n) is 12.3. The largest absolute Gasteiger partial charge is 0.481 e. The first-order chi connectivity index (χ1) is 17.5. The van der Waals surface area contributed by atoms with Crippen LogP contribution < -0.4 is 10.1 Å². The van der Waals surface area contributed by atoms with Gasteiger partial charge in [0.15, 0.2) is 5.82 Å². The second kappa shape index (κ2) is 10.1. The first-order valence-corrected chi connectivity index (χ1v) is 12.3. The zero-order chi connectivity index (χ0) is 25.1. The predicted molar refractivity (Wildman–Crippen MR) is 129 cm³/mol. The van der Waals surface area contributed by atoms with E-state index in [9.17, 15) is 14.0 Å². The number of rotatable bonds is 5. The number of carbonyl (C=O) groups excluding carboxylic acids is 2. The molecule has 3 aliphatic rings. The van der Waals surface area contributed by atoms with Crippen LogP contribution in [0.3, 0.4) is 0 Å². The summed E-state index contributed by atoms with van der Waals surface area (Å²) in [6.45, 7) is 1.80. The van der Waals surface area contributed by atoms with Crippen molar-refractivity contribution in [3.05, 3.63) is 48.1 Å². The molecule has 2 amide bonds. The highest BCUT2D eigenvalue weighted by Crippen LogP contribution is 2.48. The Morgan fingerprint density at radius 3 is 2.86 bits per heavy atom. The normalized spacial score (nSPS) is 19.6. The Labute approximate surface area is 208 Å². The molecule has 36 heavy (non-hydrogen) atoms. The molecule has 2 N–H and O–H groups in total. The van der Waals surface area contributed by atoms with Crippen molar-refractivity contribution in [3.63, 3.8) is 0 Å². The van der Waals surface area contributed by atoms with Crippen LogP contribution in [0.1, 0.15) is 67.3 Å². The van der Waals surface area contributed by atoms with E-state index >= 15 is 0 Å². The minimum Gasteiger partial charge on any atom is -0.481 e. The molecule has 1 spiro atoms. The number of aromatic nitrogens is 5. The number of pyridine rings is 1. The molecule has 190 valence electrons. The van der Waals surface area contributed by atoms with E-state index < -0.39 is 5.82 Å². The fourth-order valence-corrected chi connectivity index (χ4v) is 5.17. The van der Waals surface area contributed by atoms with Crippen LogP contribution in [0.15, 0.2) is 30.7 Å². The van der Waals surface area contributed by atoms with Crippen LogP contribution in [0, 0.1) is 5.82 Å². The number of ether oxygens (including phenoxy) is 1. The van der Waals surface area contributed by atoms with Gasteiger partial charge in [0, 0.05) is 42.7 Å². The predicted octanol–water partition coefficient (Wildman–Crippen LogP) is 3.24. The Morgan fingerprint density at radius 1 is 1.22 bits per heavy atom. The van der Waals surface area contributed by atoms with E-state index in [0.717, 1.165) is 70.0 Å². The topological polar surface area (TPSA) is 118 Å². The molecule has 10 nitrogen and oxygen atoms in total. The Bertz CT molecular complexity index is 1240. The summed E-state index contributed by atoms with van der Waals surface area (Å²) >= 11 is 0. The second-order valence-electron chi connectivity index (χ2n) is 9.47. The van der Waals surface area contributed by atoms with E-state index in [4.69, 9.17) is 4.74 Å². The lowest BCUT2D eigenvalue weighted by Crippen LogP contribution is -2.45. The number of piperidine rings is 1. The van der Waals surface area contributed by atoms with Gasteiger partial charge in [-0.1, -0.05) is 0 Å². The fraction of sp³-hybridized carbons (Fsp3) is 0.480. The number of fused-ring (bicyclic) bond motifs is 1. The fourth-order valence-electron chi connectivity index (χ4n) is 5.17. The van der Waals surface area contributed by atoms with Gasteiger partial charge in [0.25, 0.3) is 5.91 Å². The van der Waals surface area contributed by atoms with Gasteiger partial charge in [-0.15, -0.1) is 0 Å². The molecule has 0 radical (unpaired) electrons. The van der Waals surface area contributed by atoms with Crippen LogP contribution in [0.25, 0.3) is 11.3 Å². The van der Waals surface area contributed by atoms with Crippen LogP contribution in [0.5, 0.6) is 5.88 Å². The van der Waals surface area contributed by atoms with Crippen molar-refractivity contribution in [1.29, 1.82) is 0 Å². The number of aromatic amines is 1. The minimum absolute atomic E-state index is 0.0487. The number of hydrogen-bond acceptors (Lipinski definition) is 6. The molecule has 5 heterocycles. The van der Waals surface area contributed by atoms with Gasteiger partial charge in [-0.25, -0.2) is 14.4 Å². The van der Waals surface area contributed by atoms with Gasteiger partial charge in [0.2, 0.25) is 12.3 Å². The van der Waals surface area contributed by atoms with E-state index in [1.165, 1.54) is 19.6 Å². The standard InChI is InChI=1S/C17H19FN4O2.C8H11N3O/c1-24-15-8-11(12(18)10-19-15)13-9-14(21-20-13)16(23)22-7-3-2-4-17(22)5-6-17;12-6-10-7-2-1-4-11-5-3-9-8(7)11/h8-10H,2-7H2,1H3,(H,20,21);3,5-7H,1-2,4H2,(H,10,12). The number of aryl methyl sites for hydroxylation is 1. The molecule has 1 aliphatic carbocycles. The Balaban J connectivity index is 0.000000186. The molecule has 11 heteroatoms. The summed E-state index contributed by atoms with van der Waals surface area (Å²) in [7, 11) is 1.47. The number of methoxy groups -OCH3 is 1. The van der Waals surface area contributed by atoms with E-state index in [1.807, 2.05) is 11.1 Å². The van der Waals surface area contributed by atoms with E-state index in [2.05, 4.69) is 30.0 Å². The number of hydrogen-bond donors (Lipinski definition) is 2. The van der Waals surface area contributed by atoms with Crippen molar-refractivity contribution < 1.29 is 18.7 Å². The molecule has 6 rings (SSSR count). The third-order valence-corrected chi connectivity index (χ3v) is 7.26. The number of likely N-dealkylation sites (tertiary alicyclic amines) is 1. The summed E-state index contributed by atoms with van der Waals surface area (Å²) in [5.41, 5.74) is 1.09. The molecular weight excluding hydrogens is 465 g/mol. The summed E-state index contributed by atoms with van der Waals surface area (Å²) < 4.78 is 21.1. The molecular formula is C25H30FN7O3. The van der Waals surface area contributed by atoms with Crippen molar-refractivity contribution >= 4 is 12.3 Å². The van der Waals surface area contributed by atoms with Crippen LogP contribution >= 0.6 is 0 Å². The number of amides is 2.